The molecule has 2 N–H and O–H groups in total. The van der Waals surface area contributed by atoms with Crippen molar-refractivity contribution in [3.8, 4) is 22.8 Å². The number of nitrogens with zero attached hydrogens (tertiary/aromatic N) is 1. The monoisotopic (exact) mass is 466 g/mol. The molecule has 3 aromatic rings. The number of anilines is 1. The molecule has 0 spiro atoms. The number of pyridine rings is 1. The Morgan fingerprint density at radius 2 is 1.74 bits per heavy atom. The molecule has 0 atom stereocenters. The van der Waals surface area contributed by atoms with E-state index < -0.39 is 18.3 Å². The van der Waals surface area contributed by atoms with Crippen LogP contribution in [-0.2, 0) is 10.2 Å². The molecule has 9 heteroatoms. The summed E-state index contributed by atoms with van der Waals surface area (Å²) in [6.45, 7) is 1.32. The minimum Gasteiger partial charge on any atom is -0.395 e. The van der Waals surface area contributed by atoms with Crippen molar-refractivity contribution < 1.29 is 33.0 Å². The summed E-state index contributed by atoms with van der Waals surface area (Å²) in [7, 11) is 0. The predicted molar refractivity (Wildman–Crippen MR) is 118 cm³/mol. The van der Waals surface area contributed by atoms with Crippen molar-refractivity contribution in [2.75, 3.05) is 11.9 Å². The normalized spacial score (nSPS) is 16.7. The van der Waals surface area contributed by atoms with Gasteiger partial charge in [-0.05, 0) is 49.1 Å². The molecule has 1 aromatic heterocycles. The standard InChI is InChI=1S/C25H20F2N2O5/c1-14-2-9-21(28-22(14)16-5-3-15(4-6-16)18(31)13-30)29-23(32)24(10-11-24)17-7-8-19-20(12-17)34-25(26,27)33-19/h2-9,12,30H,10-11,13H2,1H3,(H,28,29,32). The predicted octanol–water partition coefficient (Wildman–Crippen LogP) is 4.22. The fraction of sp³-hybridized carbons (Fsp3) is 0.240. The van der Waals surface area contributed by atoms with Gasteiger partial charge in [0.2, 0.25) is 5.91 Å². The molecule has 2 aromatic carbocycles. The fourth-order valence-corrected chi connectivity index (χ4v) is 4.05. The zero-order valence-corrected chi connectivity index (χ0v) is 18.1. The summed E-state index contributed by atoms with van der Waals surface area (Å²) in [6, 6.07) is 14.6. The number of ether oxygens (including phenoxy) is 2. The molecular formula is C25H20F2N2O5. The first-order valence-corrected chi connectivity index (χ1v) is 10.6. The lowest BCUT2D eigenvalue weighted by molar-refractivity contribution is -0.286. The second kappa shape index (κ2) is 7.88. The molecule has 5 rings (SSSR count). The SMILES string of the molecule is Cc1ccc(NC(=O)C2(c3ccc4c(c3)OC(F)(F)O4)CC2)nc1-c1ccc(C(=O)CO)cc1. The largest absolute Gasteiger partial charge is 0.586 e. The van der Waals surface area contributed by atoms with Crippen molar-refractivity contribution in [1.29, 1.82) is 0 Å². The van der Waals surface area contributed by atoms with Crippen LogP contribution in [-0.4, -0.2) is 34.7 Å². The summed E-state index contributed by atoms with van der Waals surface area (Å²) >= 11 is 0. The van der Waals surface area contributed by atoms with Crippen molar-refractivity contribution in [3.05, 3.63) is 71.3 Å². The summed E-state index contributed by atoms with van der Waals surface area (Å²) < 4.78 is 35.7. The molecule has 0 saturated heterocycles. The van der Waals surface area contributed by atoms with Gasteiger partial charge in [-0.25, -0.2) is 4.98 Å². The van der Waals surface area contributed by atoms with Crippen LogP contribution in [0.1, 0.15) is 34.3 Å². The Kier molecular flexibility index (Phi) is 5.09. The molecular weight excluding hydrogens is 446 g/mol. The number of Topliss-reactive ketones (excluding diaryl/α,β-unsaturated/α-hetero) is 1. The Hall–Kier alpha value is -3.85. The van der Waals surface area contributed by atoms with Crippen molar-refractivity contribution in [2.24, 2.45) is 0 Å². The maximum Gasteiger partial charge on any atom is 0.586 e. The van der Waals surface area contributed by atoms with E-state index in [0.29, 0.717) is 35.5 Å². The number of carbonyl (C=O) groups is 2. The van der Waals surface area contributed by atoms with Crippen molar-refractivity contribution in [1.82, 2.24) is 4.98 Å². The van der Waals surface area contributed by atoms with E-state index in [1.165, 1.54) is 12.1 Å². The van der Waals surface area contributed by atoms with Gasteiger partial charge >= 0.3 is 6.29 Å². The van der Waals surface area contributed by atoms with Crippen molar-refractivity contribution >= 4 is 17.5 Å². The van der Waals surface area contributed by atoms with E-state index >= 15 is 0 Å². The summed E-state index contributed by atoms with van der Waals surface area (Å²) in [6.07, 6.45) is -2.59. The molecule has 34 heavy (non-hydrogen) atoms. The molecule has 0 bridgehead atoms. The van der Waals surface area contributed by atoms with Crippen LogP contribution in [0.25, 0.3) is 11.3 Å². The molecule has 0 unspecified atom stereocenters. The van der Waals surface area contributed by atoms with Gasteiger partial charge in [0.1, 0.15) is 12.4 Å². The van der Waals surface area contributed by atoms with Crippen molar-refractivity contribution in [3.63, 3.8) is 0 Å². The molecule has 1 amide bonds. The number of hydrogen-bond acceptors (Lipinski definition) is 6. The molecule has 2 aliphatic rings. The number of nitrogens with one attached hydrogen (secondary N) is 1. The summed E-state index contributed by atoms with van der Waals surface area (Å²) in [5, 5.41) is 11.9. The first-order chi connectivity index (χ1) is 16.2. The summed E-state index contributed by atoms with van der Waals surface area (Å²) in [5.74, 6) is -0.481. The number of aliphatic hydroxyl groups excluding tert-OH is 1. The van der Waals surface area contributed by atoms with E-state index in [1.807, 2.05) is 13.0 Å². The third-order valence-corrected chi connectivity index (χ3v) is 6.10. The minimum absolute atomic E-state index is 0.0680. The molecule has 1 aliphatic heterocycles. The van der Waals surface area contributed by atoms with Crippen LogP contribution >= 0.6 is 0 Å². The smallest absolute Gasteiger partial charge is 0.395 e. The molecule has 1 saturated carbocycles. The van der Waals surface area contributed by atoms with Gasteiger partial charge in [0.25, 0.3) is 0 Å². The molecule has 7 nitrogen and oxygen atoms in total. The zero-order chi connectivity index (χ0) is 24.1. The fourth-order valence-electron chi connectivity index (χ4n) is 4.05. The number of carbonyl (C=O) groups excluding carboxylic acids is 2. The minimum atomic E-state index is -3.72. The van der Waals surface area contributed by atoms with Gasteiger partial charge in [0, 0.05) is 11.1 Å². The molecule has 0 radical (unpaired) electrons. The Labute approximate surface area is 193 Å². The third kappa shape index (κ3) is 3.88. The number of halogens is 2. The van der Waals surface area contributed by atoms with Gasteiger partial charge in [0.15, 0.2) is 17.3 Å². The van der Waals surface area contributed by atoms with Crippen LogP contribution in [0.2, 0.25) is 0 Å². The highest BCUT2D eigenvalue weighted by Gasteiger charge is 2.53. The van der Waals surface area contributed by atoms with Gasteiger partial charge in [-0.15, -0.1) is 8.78 Å². The van der Waals surface area contributed by atoms with Crippen LogP contribution in [0.4, 0.5) is 14.6 Å². The quantitative estimate of drug-likeness (QED) is 0.528. The number of aliphatic hydroxyl groups is 1. The number of hydrogen-bond donors (Lipinski definition) is 2. The highest BCUT2D eigenvalue weighted by molar-refractivity contribution is 6.01. The first kappa shape index (κ1) is 22.0. The molecule has 1 aliphatic carbocycles. The van der Waals surface area contributed by atoms with Crippen molar-refractivity contribution in [2.45, 2.75) is 31.5 Å². The van der Waals surface area contributed by atoms with Crippen LogP contribution in [0.3, 0.4) is 0 Å². The van der Waals surface area contributed by atoms with E-state index in [4.69, 9.17) is 5.11 Å². The Bertz CT molecular complexity index is 1300. The van der Waals surface area contributed by atoms with E-state index in [9.17, 15) is 18.4 Å². The van der Waals surface area contributed by atoms with Gasteiger partial charge in [-0.2, -0.15) is 0 Å². The second-order valence-corrected chi connectivity index (χ2v) is 8.39. The lowest BCUT2D eigenvalue weighted by Gasteiger charge is -2.17. The van der Waals surface area contributed by atoms with Crippen LogP contribution in [0, 0.1) is 6.92 Å². The van der Waals surface area contributed by atoms with Gasteiger partial charge in [0.05, 0.1) is 11.1 Å². The number of ketones is 1. The second-order valence-electron chi connectivity index (χ2n) is 8.39. The van der Waals surface area contributed by atoms with E-state index in [2.05, 4.69) is 19.8 Å². The van der Waals surface area contributed by atoms with E-state index in [0.717, 1.165) is 11.1 Å². The number of amides is 1. The third-order valence-electron chi connectivity index (χ3n) is 6.10. The number of rotatable bonds is 6. The average Bonchev–Trinajstić information content (AvgIpc) is 3.57. The van der Waals surface area contributed by atoms with Gasteiger partial charge < -0.3 is 19.9 Å². The molecule has 1 fully saturated rings. The van der Waals surface area contributed by atoms with Gasteiger partial charge in [-0.3, -0.25) is 9.59 Å². The highest BCUT2D eigenvalue weighted by Crippen LogP contribution is 2.52. The lowest BCUT2D eigenvalue weighted by atomic mass is 9.94. The first-order valence-electron chi connectivity index (χ1n) is 10.6. The summed E-state index contributed by atoms with van der Waals surface area (Å²) in [5.41, 5.74) is 2.37. The molecule has 174 valence electrons. The Morgan fingerprint density at radius 1 is 1.03 bits per heavy atom. The average molecular weight is 466 g/mol. The van der Waals surface area contributed by atoms with E-state index in [-0.39, 0.29) is 23.2 Å². The van der Waals surface area contributed by atoms with Crippen LogP contribution in [0.5, 0.6) is 11.5 Å². The zero-order valence-electron chi connectivity index (χ0n) is 18.1. The maximum absolute atomic E-state index is 13.4. The maximum atomic E-state index is 13.4. The lowest BCUT2D eigenvalue weighted by Crippen LogP contribution is -2.28. The van der Waals surface area contributed by atoms with Crippen LogP contribution < -0.4 is 14.8 Å². The number of alkyl halides is 2. The Balaban J connectivity index is 1.37. The summed E-state index contributed by atoms with van der Waals surface area (Å²) in [4.78, 5) is 29.4. The number of aromatic nitrogens is 1. The topological polar surface area (TPSA) is 97.8 Å². The van der Waals surface area contributed by atoms with Crippen LogP contribution in [0.15, 0.2) is 54.6 Å². The Morgan fingerprint density at radius 3 is 2.41 bits per heavy atom. The highest BCUT2D eigenvalue weighted by atomic mass is 19.3. The number of aryl methyl sites for hydroxylation is 1. The molecule has 2 heterocycles. The van der Waals surface area contributed by atoms with Gasteiger partial charge in [-0.1, -0.05) is 36.4 Å². The number of fused-ring (bicyclic) bond motifs is 1. The number of benzene rings is 2. The van der Waals surface area contributed by atoms with E-state index in [1.54, 1.807) is 36.4 Å².